The highest BCUT2D eigenvalue weighted by molar-refractivity contribution is 6.66. The van der Waals surface area contributed by atoms with E-state index >= 15 is 0 Å². The van der Waals surface area contributed by atoms with Gasteiger partial charge in [0.2, 0.25) is 0 Å². The van der Waals surface area contributed by atoms with E-state index < -0.39 is 11.3 Å². The zero-order chi connectivity index (χ0) is 15.9. The lowest BCUT2D eigenvalue weighted by Crippen LogP contribution is -2.34. The van der Waals surface area contributed by atoms with E-state index in [-0.39, 0.29) is 5.56 Å². The molecule has 1 heterocycles. The van der Waals surface area contributed by atoms with Gasteiger partial charge in [0.1, 0.15) is 0 Å². The average molecular weight is 325 g/mol. The van der Waals surface area contributed by atoms with Crippen LogP contribution in [-0.4, -0.2) is 47.5 Å². The first-order valence-corrected chi connectivity index (χ1v) is 7.98. The van der Waals surface area contributed by atoms with Crippen LogP contribution in [0, 0.1) is 0 Å². The van der Waals surface area contributed by atoms with Gasteiger partial charge in [-0.25, -0.2) is 4.79 Å². The molecule has 5 nitrogen and oxygen atoms in total. The Morgan fingerprint density at radius 1 is 1.14 bits per heavy atom. The summed E-state index contributed by atoms with van der Waals surface area (Å²) < 4.78 is 0. The van der Waals surface area contributed by atoms with Crippen molar-refractivity contribution in [2.24, 2.45) is 0 Å². The number of likely N-dealkylation sites (tertiary alicyclic amines) is 1. The van der Waals surface area contributed by atoms with Gasteiger partial charge in [-0.2, -0.15) is 0 Å². The van der Waals surface area contributed by atoms with E-state index in [1.165, 1.54) is 36.3 Å². The zero-order valence-corrected chi connectivity index (χ0v) is 13.3. The van der Waals surface area contributed by atoms with E-state index in [0.29, 0.717) is 12.2 Å². The van der Waals surface area contributed by atoms with Gasteiger partial charge in [0.15, 0.2) is 0 Å². The Morgan fingerprint density at radius 2 is 1.77 bits per heavy atom. The van der Waals surface area contributed by atoms with Crippen LogP contribution >= 0.6 is 11.6 Å². The lowest BCUT2D eigenvalue weighted by Gasteiger charge is -2.27. The first kappa shape index (κ1) is 16.8. The fourth-order valence-electron chi connectivity index (χ4n) is 2.74. The summed E-state index contributed by atoms with van der Waals surface area (Å²) in [7, 11) is 0. The minimum absolute atomic E-state index is 0.194. The van der Waals surface area contributed by atoms with Crippen LogP contribution < -0.4 is 4.90 Å². The second kappa shape index (κ2) is 8.15. The van der Waals surface area contributed by atoms with Gasteiger partial charge in [-0.15, -0.1) is 0 Å². The number of nitrogens with zero attached hydrogens (tertiary/aromatic N) is 2. The van der Waals surface area contributed by atoms with Gasteiger partial charge in [-0.1, -0.05) is 6.42 Å². The molecule has 2 rings (SSSR count). The number of carboxylic acids is 1. The number of rotatable bonds is 6. The predicted octanol–water partition coefficient (Wildman–Crippen LogP) is 3.43. The third-order valence-corrected chi connectivity index (χ3v) is 4.15. The van der Waals surface area contributed by atoms with Crippen LogP contribution in [0.1, 0.15) is 36.0 Å². The molecule has 1 fully saturated rings. The highest BCUT2D eigenvalue weighted by Crippen LogP contribution is 2.18. The molecule has 1 aromatic rings. The molecular weight excluding hydrogens is 304 g/mol. The minimum atomic E-state index is -0.986. The molecule has 1 aliphatic heterocycles. The number of halogens is 1. The maximum absolute atomic E-state index is 11.6. The number of amides is 1. The molecule has 0 saturated carbocycles. The summed E-state index contributed by atoms with van der Waals surface area (Å²) in [6.45, 7) is 3.74. The predicted molar refractivity (Wildman–Crippen MR) is 86.9 cm³/mol. The summed E-state index contributed by atoms with van der Waals surface area (Å²) in [6, 6.07) is 6.19. The van der Waals surface area contributed by atoms with E-state index in [1.54, 1.807) is 12.1 Å². The topological polar surface area (TPSA) is 60.9 Å². The molecule has 120 valence electrons. The number of hydrogen-bond acceptors (Lipinski definition) is 3. The molecule has 0 aliphatic carbocycles. The number of carboxylic acid groups (broad SMARTS) is 1. The number of benzene rings is 1. The van der Waals surface area contributed by atoms with E-state index in [9.17, 15) is 9.59 Å². The Hall–Kier alpha value is -1.59. The minimum Gasteiger partial charge on any atom is -0.478 e. The molecule has 0 aromatic heterocycles. The maximum atomic E-state index is 11.6. The van der Waals surface area contributed by atoms with Crippen molar-refractivity contribution in [2.75, 3.05) is 31.1 Å². The molecule has 0 atom stereocenters. The fraction of sp³-hybridized carbons (Fsp3) is 0.500. The number of hydrogen-bond donors (Lipinski definition) is 1. The maximum Gasteiger partial charge on any atom is 0.335 e. The summed E-state index contributed by atoms with van der Waals surface area (Å²) in [4.78, 5) is 26.4. The summed E-state index contributed by atoms with van der Waals surface area (Å²) in [5.41, 5.74) is 0.822. The molecule has 0 radical (unpaired) electrons. The fourth-order valence-corrected chi connectivity index (χ4v) is 2.92. The molecule has 1 aromatic carbocycles. The largest absolute Gasteiger partial charge is 0.478 e. The van der Waals surface area contributed by atoms with Crippen LogP contribution in [0.5, 0.6) is 0 Å². The molecule has 1 saturated heterocycles. The molecule has 22 heavy (non-hydrogen) atoms. The van der Waals surface area contributed by atoms with Crippen molar-refractivity contribution in [2.45, 2.75) is 25.7 Å². The Labute approximate surface area is 135 Å². The van der Waals surface area contributed by atoms with E-state index in [1.807, 2.05) is 0 Å². The first-order chi connectivity index (χ1) is 10.6. The standard InChI is InChI=1S/C16H21ClN2O3/c17-16(22)19(12-4-11-18-9-2-1-3-10-18)14-7-5-13(6-8-14)15(20)21/h5-8H,1-4,9-12H2,(H,20,21). The SMILES string of the molecule is O=C(O)c1ccc(N(CCCN2CCCCC2)C(=O)Cl)cc1. The third kappa shape index (κ3) is 4.71. The van der Waals surface area contributed by atoms with Crippen LogP contribution in [0.3, 0.4) is 0 Å². The number of anilines is 1. The molecular formula is C16H21ClN2O3. The van der Waals surface area contributed by atoms with Crippen molar-refractivity contribution in [3.63, 3.8) is 0 Å². The molecule has 1 N–H and O–H groups in total. The Bertz CT molecular complexity index is 513. The van der Waals surface area contributed by atoms with Crippen LogP contribution in [0.4, 0.5) is 10.5 Å². The van der Waals surface area contributed by atoms with Crippen LogP contribution in [0.15, 0.2) is 24.3 Å². The second-order valence-corrected chi connectivity index (χ2v) is 5.84. The molecule has 0 bridgehead atoms. The van der Waals surface area contributed by atoms with E-state index in [0.717, 1.165) is 26.1 Å². The quantitative estimate of drug-likeness (QED) is 0.643. The van der Waals surface area contributed by atoms with Gasteiger partial charge in [0.25, 0.3) is 0 Å². The smallest absolute Gasteiger partial charge is 0.335 e. The van der Waals surface area contributed by atoms with Crippen molar-refractivity contribution in [3.05, 3.63) is 29.8 Å². The van der Waals surface area contributed by atoms with E-state index in [4.69, 9.17) is 16.7 Å². The summed E-state index contributed by atoms with van der Waals surface area (Å²) in [6.07, 6.45) is 4.64. The van der Waals surface area contributed by atoms with Gasteiger partial charge in [0.05, 0.1) is 5.56 Å². The van der Waals surface area contributed by atoms with Crippen molar-refractivity contribution < 1.29 is 14.7 Å². The summed E-state index contributed by atoms with van der Waals surface area (Å²) >= 11 is 5.66. The third-order valence-electron chi connectivity index (χ3n) is 3.94. The molecule has 1 amide bonds. The highest BCUT2D eigenvalue weighted by Gasteiger charge is 2.15. The highest BCUT2D eigenvalue weighted by atomic mass is 35.5. The van der Waals surface area contributed by atoms with Gasteiger partial charge in [-0.05, 0) is 74.8 Å². The van der Waals surface area contributed by atoms with Crippen molar-refractivity contribution in [3.8, 4) is 0 Å². The summed E-state index contributed by atoms with van der Waals surface area (Å²) in [5.74, 6) is -0.986. The first-order valence-electron chi connectivity index (χ1n) is 7.60. The average Bonchev–Trinajstić information content (AvgIpc) is 2.52. The molecule has 6 heteroatoms. The van der Waals surface area contributed by atoms with Crippen LogP contribution in [0.25, 0.3) is 0 Å². The number of carbonyl (C=O) groups is 2. The van der Waals surface area contributed by atoms with Gasteiger partial charge in [-0.3, -0.25) is 9.69 Å². The molecule has 1 aliphatic rings. The van der Waals surface area contributed by atoms with Gasteiger partial charge in [0, 0.05) is 12.2 Å². The molecule has 0 spiro atoms. The lowest BCUT2D eigenvalue weighted by molar-refractivity contribution is 0.0697. The van der Waals surface area contributed by atoms with Crippen molar-refractivity contribution in [1.82, 2.24) is 4.90 Å². The molecule has 0 unspecified atom stereocenters. The zero-order valence-electron chi connectivity index (χ0n) is 12.5. The Morgan fingerprint density at radius 3 is 2.32 bits per heavy atom. The van der Waals surface area contributed by atoms with Crippen molar-refractivity contribution >= 4 is 28.6 Å². The second-order valence-electron chi connectivity index (χ2n) is 5.51. The summed E-state index contributed by atoms with van der Waals surface area (Å²) in [5, 5.41) is 8.36. The Balaban J connectivity index is 1.91. The normalized spacial score (nSPS) is 15.5. The number of aromatic carboxylic acids is 1. The monoisotopic (exact) mass is 324 g/mol. The lowest BCUT2D eigenvalue weighted by atomic mass is 10.1. The van der Waals surface area contributed by atoms with Gasteiger partial charge < -0.3 is 10.0 Å². The van der Waals surface area contributed by atoms with E-state index in [2.05, 4.69) is 4.90 Å². The van der Waals surface area contributed by atoms with Crippen LogP contribution in [0.2, 0.25) is 0 Å². The Kier molecular flexibility index (Phi) is 6.21. The van der Waals surface area contributed by atoms with Gasteiger partial charge >= 0.3 is 11.3 Å². The van der Waals surface area contributed by atoms with Crippen molar-refractivity contribution in [1.29, 1.82) is 0 Å². The van der Waals surface area contributed by atoms with Crippen LogP contribution in [-0.2, 0) is 0 Å². The number of piperidine rings is 1. The number of carbonyl (C=O) groups excluding carboxylic acids is 1.